The zero-order chi connectivity index (χ0) is 14.0. The highest BCUT2D eigenvalue weighted by Crippen LogP contribution is 2.30. The Labute approximate surface area is 103 Å². The van der Waals surface area contributed by atoms with Crippen LogP contribution >= 0.6 is 0 Å². The van der Waals surface area contributed by atoms with Crippen LogP contribution in [-0.4, -0.2) is 25.1 Å². The van der Waals surface area contributed by atoms with Crippen LogP contribution in [0.5, 0.6) is 0 Å². The van der Waals surface area contributed by atoms with Crippen molar-refractivity contribution in [3.63, 3.8) is 0 Å². The van der Waals surface area contributed by atoms with Crippen molar-refractivity contribution in [3.05, 3.63) is 29.8 Å². The van der Waals surface area contributed by atoms with Gasteiger partial charge in [0.2, 0.25) is 0 Å². The summed E-state index contributed by atoms with van der Waals surface area (Å²) in [5.41, 5.74) is -4.71. The van der Waals surface area contributed by atoms with E-state index < -0.39 is 26.3 Å². The van der Waals surface area contributed by atoms with Gasteiger partial charge in [-0.05, 0) is 30.5 Å². The second-order valence-corrected chi connectivity index (χ2v) is 5.80. The molecule has 1 rings (SSSR count). The number of aliphatic hydroxyl groups is 1. The van der Waals surface area contributed by atoms with Gasteiger partial charge in [0.1, 0.15) is 0 Å². The monoisotopic (exact) mass is 282 g/mol. The van der Waals surface area contributed by atoms with Gasteiger partial charge in [-0.25, -0.2) is 8.42 Å². The van der Waals surface area contributed by atoms with Gasteiger partial charge in [-0.1, -0.05) is 19.1 Å². The summed E-state index contributed by atoms with van der Waals surface area (Å²) in [4.78, 5) is -0.787. The molecule has 7 heteroatoms. The average Bonchev–Trinajstić information content (AvgIpc) is 2.28. The predicted molar refractivity (Wildman–Crippen MR) is 59.7 cm³/mol. The Balaban J connectivity index is 2.97. The Morgan fingerprint density at radius 3 is 2.11 bits per heavy atom. The van der Waals surface area contributed by atoms with E-state index in [0.29, 0.717) is 12.0 Å². The highest BCUT2D eigenvalue weighted by atomic mass is 32.2. The molecule has 1 atom stereocenters. The standard InChI is InChI=1S/C11H13F3O3S/c1-2-9(15)7-8-3-5-10(6-4-8)18(16,17)11(12,13)14/h3-6,9,15H,2,7H2,1H3. The van der Waals surface area contributed by atoms with Crippen molar-refractivity contribution in [2.24, 2.45) is 0 Å². The Hall–Kier alpha value is -1.08. The minimum Gasteiger partial charge on any atom is -0.393 e. The number of sulfone groups is 1. The molecule has 1 unspecified atom stereocenters. The Kier molecular flexibility index (Phi) is 4.39. The maximum atomic E-state index is 12.3. The van der Waals surface area contributed by atoms with E-state index in [1.807, 2.05) is 0 Å². The molecule has 0 spiro atoms. The van der Waals surface area contributed by atoms with E-state index in [-0.39, 0.29) is 6.42 Å². The van der Waals surface area contributed by atoms with Crippen molar-refractivity contribution in [2.75, 3.05) is 0 Å². The number of aliphatic hydroxyl groups excluding tert-OH is 1. The van der Waals surface area contributed by atoms with Gasteiger partial charge in [-0.15, -0.1) is 0 Å². The molecule has 0 heterocycles. The number of benzene rings is 1. The molecular weight excluding hydrogens is 269 g/mol. The molecule has 0 fully saturated rings. The lowest BCUT2D eigenvalue weighted by molar-refractivity contribution is -0.0436. The molecule has 1 aromatic rings. The summed E-state index contributed by atoms with van der Waals surface area (Å²) in [5, 5.41) is 9.37. The zero-order valence-electron chi connectivity index (χ0n) is 9.61. The lowest BCUT2D eigenvalue weighted by Gasteiger charge is -2.10. The fraction of sp³-hybridized carbons (Fsp3) is 0.455. The molecule has 1 N–H and O–H groups in total. The number of hydrogen-bond acceptors (Lipinski definition) is 3. The lowest BCUT2D eigenvalue weighted by Crippen LogP contribution is -2.23. The maximum absolute atomic E-state index is 12.3. The molecule has 0 aromatic heterocycles. The van der Waals surface area contributed by atoms with Crippen LogP contribution in [0.15, 0.2) is 29.2 Å². The lowest BCUT2D eigenvalue weighted by atomic mass is 10.1. The fourth-order valence-corrected chi connectivity index (χ4v) is 2.12. The SMILES string of the molecule is CCC(O)Cc1ccc(S(=O)(=O)C(F)(F)F)cc1. The number of alkyl halides is 3. The molecule has 0 saturated heterocycles. The van der Waals surface area contributed by atoms with Crippen LogP contribution in [0.4, 0.5) is 13.2 Å². The maximum Gasteiger partial charge on any atom is 0.501 e. The Morgan fingerprint density at radius 1 is 1.22 bits per heavy atom. The van der Waals surface area contributed by atoms with Crippen LogP contribution in [0.2, 0.25) is 0 Å². The van der Waals surface area contributed by atoms with Crippen molar-refractivity contribution in [3.8, 4) is 0 Å². The normalized spacial score (nSPS) is 14.5. The van der Waals surface area contributed by atoms with E-state index in [0.717, 1.165) is 12.1 Å². The molecule has 0 aliphatic heterocycles. The van der Waals surface area contributed by atoms with Crippen molar-refractivity contribution in [1.82, 2.24) is 0 Å². The van der Waals surface area contributed by atoms with Crippen molar-refractivity contribution in [1.29, 1.82) is 0 Å². The fourth-order valence-electron chi connectivity index (χ4n) is 1.35. The minimum absolute atomic E-state index is 0.281. The van der Waals surface area contributed by atoms with E-state index in [1.54, 1.807) is 6.92 Å². The highest BCUT2D eigenvalue weighted by Gasteiger charge is 2.46. The van der Waals surface area contributed by atoms with Gasteiger partial charge in [-0.2, -0.15) is 13.2 Å². The predicted octanol–water partition coefficient (Wildman–Crippen LogP) is 2.29. The first-order valence-electron chi connectivity index (χ1n) is 5.27. The van der Waals surface area contributed by atoms with Crippen LogP contribution in [0.1, 0.15) is 18.9 Å². The third-order valence-electron chi connectivity index (χ3n) is 2.48. The van der Waals surface area contributed by atoms with Gasteiger partial charge in [0, 0.05) is 0 Å². The smallest absolute Gasteiger partial charge is 0.393 e. The minimum atomic E-state index is -5.29. The van der Waals surface area contributed by atoms with Gasteiger partial charge in [0.05, 0.1) is 11.0 Å². The highest BCUT2D eigenvalue weighted by molar-refractivity contribution is 7.92. The summed E-state index contributed by atoms with van der Waals surface area (Å²) in [7, 11) is -5.29. The average molecular weight is 282 g/mol. The quantitative estimate of drug-likeness (QED) is 0.922. The van der Waals surface area contributed by atoms with E-state index in [1.165, 1.54) is 12.1 Å². The van der Waals surface area contributed by atoms with E-state index in [9.17, 15) is 26.7 Å². The third-order valence-corrected chi connectivity index (χ3v) is 3.98. The molecule has 0 aliphatic carbocycles. The Bertz CT molecular complexity index is 491. The van der Waals surface area contributed by atoms with E-state index in [4.69, 9.17) is 0 Å². The molecule has 1 aromatic carbocycles. The molecule has 0 bridgehead atoms. The first-order chi connectivity index (χ1) is 8.18. The van der Waals surface area contributed by atoms with E-state index in [2.05, 4.69) is 0 Å². The van der Waals surface area contributed by atoms with Crippen LogP contribution in [0, 0.1) is 0 Å². The van der Waals surface area contributed by atoms with Gasteiger partial charge in [0.25, 0.3) is 9.84 Å². The summed E-state index contributed by atoms with van der Waals surface area (Å²) in [6.07, 6.45) is 0.209. The van der Waals surface area contributed by atoms with Crippen LogP contribution < -0.4 is 0 Å². The van der Waals surface area contributed by atoms with Gasteiger partial charge < -0.3 is 5.11 Å². The molecule has 102 valence electrons. The molecule has 18 heavy (non-hydrogen) atoms. The molecule has 0 aliphatic rings. The summed E-state index contributed by atoms with van der Waals surface area (Å²) >= 11 is 0. The van der Waals surface area contributed by atoms with Crippen LogP contribution in [-0.2, 0) is 16.3 Å². The van der Waals surface area contributed by atoms with Crippen molar-refractivity contribution >= 4 is 9.84 Å². The Morgan fingerprint density at radius 2 is 1.72 bits per heavy atom. The van der Waals surface area contributed by atoms with Crippen molar-refractivity contribution in [2.45, 2.75) is 36.3 Å². The summed E-state index contributed by atoms with van der Waals surface area (Å²) in [5.74, 6) is 0. The van der Waals surface area contributed by atoms with Crippen molar-refractivity contribution < 1.29 is 26.7 Å². The second kappa shape index (κ2) is 5.27. The molecule has 0 amide bonds. The first kappa shape index (κ1) is 15.0. The number of halogens is 3. The summed E-state index contributed by atoms with van der Waals surface area (Å²) < 4.78 is 58.9. The second-order valence-electron chi connectivity index (χ2n) is 3.86. The largest absolute Gasteiger partial charge is 0.501 e. The van der Waals surface area contributed by atoms with Gasteiger partial charge >= 0.3 is 5.51 Å². The topological polar surface area (TPSA) is 54.4 Å². The number of hydrogen-bond donors (Lipinski definition) is 1. The first-order valence-corrected chi connectivity index (χ1v) is 6.75. The van der Waals surface area contributed by atoms with Gasteiger partial charge in [0.15, 0.2) is 0 Å². The third kappa shape index (κ3) is 3.23. The summed E-state index contributed by atoms with van der Waals surface area (Å²) in [6.45, 7) is 1.77. The van der Waals surface area contributed by atoms with E-state index >= 15 is 0 Å². The summed E-state index contributed by atoms with van der Waals surface area (Å²) in [6, 6.07) is 4.36. The molecule has 3 nitrogen and oxygen atoms in total. The molecule has 0 saturated carbocycles. The van der Waals surface area contributed by atoms with Gasteiger partial charge in [-0.3, -0.25) is 0 Å². The number of rotatable bonds is 4. The molecular formula is C11H13F3O3S. The van der Waals surface area contributed by atoms with Crippen LogP contribution in [0.3, 0.4) is 0 Å². The van der Waals surface area contributed by atoms with Crippen LogP contribution in [0.25, 0.3) is 0 Å². The zero-order valence-corrected chi connectivity index (χ0v) is 10.4. The molecule has 0 radical (unpaired) electrons.